The summed E-state index contributed by atoms with van der Waals surface area (Å²) in [4.78, 5) is -0.0694. The van der Waals surface area contributed by atoms with Crippen LogP contribution in [0.1, 0.15) is 24.7 Å². The van der Waals surface area contributed by atoms with Crippen LogP contribution in [0.2, 0.25) is 0 Å². The van der Waals surface area contributed by atoms with Crippen molar-refractivity contribution in [3.63, 3.8) is 0 Å². The molecule has 3 rings (SSSR count). The first-order chi connectivity index (χ1) is 9.04. The van der Waals surface area contributed by atoms with E-state index in [0.717, 1.165) is 37.1 Å². The van der Waals surface area contributed by atoms with Gasteiger partial charge >= 0.3 is 6.01 Å². The first kappa shape index (κ1) is 12.1. The van der Waals surface area contributed by atoms with Gasteiger partial charge in [-0.25, -0.2) is 17.5 Å². The van der Waals surface area contributed by atoms with Gasteiger partial charge in [-0.2, -0.15) is 0 Å². The SMILES string of the molecule is O=S(=O)(Nc1nnc(C2CC2)o1)c1ccc(F)cc1. The van der Waals surface area contributed by atoms with E-state index in [2.05, 4.69) is 14.9 Å². The van der Waals surface area contributed by atoms with Crippen LogP contribution in [-0.2, 0) is 10.0 Å². The average molecular weight is 283 g/mol. The molecule has 0 aliphatic heterocycles. The van der Waals surface area contributed by atoms with Gasteiger partial charge in [0.2, 0.25) is 5.89 Å². The van der Waals surface area contributed by atoms with Crippen molar-refractivity contribution < 1.29 is 17.2 Å². The molecule has 0 spiro atoms. The molecule has 19 heavy (non-hydrogen) atoms. The number of sulfonamides is 1. The maximum atomic E-state index is 12.7. The predicted octanol–water partition coefficient (Wildman–Crippen LogP) is 1.89. The van der Waals surface area contributed by atoms with Gasteiger partial charge in [0.15, 0.2) is 0 Å². The van der Waals surface area contributed by atoms with Crippen LogP contribution in [0, 0.1) is 5.82 Å². The van der Waals surface area contributed by atoms with E-state index in [1.807, 2.05) is 0 Å². The molecule has 0 saturated heterocycles. The Balaban J connectivity index is 1.81. The summed E-state index contributed by atoms with van der Waals surface area (Å²) in [7, 11) is -3.83. The highest BCUT2D eigenvalue weighted by molar-refractivity contribution is 7.92. The molecule has 1 aliphatic carbocycles. The molecule has 8 heteroatoms. The quantitative estimate of drug-likeness (QED) is 0.926. The summed E-state index contributed by atoms with van der Waals surface area (Å²) in [5.74, 6) is 0.182. The number of hydrogen-bond acceptors (Lipinski definition) is 5. The molecule has 1 saturated carbocycles. The maximum absolute atomic E-state index is 12.7. The van der Waals surface area contributed by atoms with Crippen LogP contribution in [-0.4, -0.2) is 18.6 Å². The number of nitrogens with zero attached hydrogens (tertiary/aromatic N) is 2. The first-order valence-electron chi connectivity index (χ1n) is 5.66. The second kappa shape index (κ2) is 4.30. The molecule has 6 nitrogen and oxygen atoms in total. The molecule has 1 aliphatic rings. The lowest BCUT2D eigenvalue weighted by molar-refractivity contribution is 0.510. The zero-order chi connectivity index (χ0) is 13.5. The van der Waals surface area contributed by atoms with Crippen LogP contribution in [0.3, 0.4) is 0 Å². The summed E-state index contributed by atoms with van der Waals surface area (Å²) < 4.78 is 44.0. The van der Waals surface area contributed by atoms with Gasteiger partial charge in [-0.1, -0.05) is 5.10 Å². The summed E-state index contributed by atoms with van der Waals surface area (Å²) >= 11 is 0. The molecule has 0 radical (unpaired) electrons. The van der Waals surface area contributed by atoms with Crippen LogP contribution in [0.5, 0.6) is 0 Å². The van der Waals surface area contributed by atoms with E-state index >= 15 is 0 Å². The van der Waals surface area contributed by atoms with E-state index in [9.17, 15) is 12.8 Å². The van der Waals surface area contributed by atoms with Crippen molar-refractivity contribution in [1.82, 2.24) is 10.2 Å². The Hall–Kier alpha value is -1.96. The van der Waals surface area contributed by atoms with E-state index in [1.165, 1.54) is 0 Å². The van der Waals surface area contributed by atoms with Crippen LogP contribution < -0.4 is 4.72 Å². The van der Waals surface area contributed by atoms with Crippen LogP contribution in [0.15, 0.2) is 33.6 Å². The predicted molar refractivity (Wildman–Crippen MR) is 63.5 cm³/mol. The highest BCUT2D eigenvalue weighted by atomic mass is 32.2. The summed E-state index contributed by atoms with van der Waals surface area (Å²) in [5, 5.41) is 7.39. The summed E-state index contributed by atoms with van der Waals surface area (Å²) in [6.45, 7) is 0. The molecule has 1 aromatic carbocycles. The van der Waals surface area contributed by atoms with E-state index in [4.69, 9.17) is 4.42 Å². The molecule has 0 unspecified atom stereocenters. The van der Waals surface area contributed by atoms with Gasteiger partial charge in [0.1, 0.15) is 5.82 Å². The van der Waals surface area contributed by atoms with Crippen molar-refractivity contribution in [2.75, 3.05) is 4.72 Å². The van der Waals surface area contributed by atoms with Crippen molar-refractivity contribution in [3.8, 4) is 0 Å². The summed E-state index contributed by atoms with van der Waals surface area (Å²) in [6.07, 6.45) is 1.96. The molecule has 100 valence electrons. The molecular weight excluding hydrogens is 273 g/mol. The highest BCUT2D eigenvalue weighted by Gasteiger charge is 2.30. The fraction of sp³-hybridized carbons (Fsp3) is 0.273. The van der Waals surface area contributed by atoms with Crippen molar-refractivity contribution in [3.05, 3.63) is 36.0 Å². The summed E-state index contributed by atoms with van der Waals surface area (Å²) in [5.41, 5.74) is 0. The highest BCUT2D eigenvalue weighted by Crippen LogP contribution is 2.39. The Labute approximate surface area is 108 Å². The van der Waals surface area contributed by atoms with E-state index in [-0.39, 0.29) is 16.8 Å². The molecule has 2 aromatic rings. The lowest BCUT2D eigenvalue weighted by Gasteiger charge is -2.03. The maximum Gasteiger partial charge on any atom is 0.329 e. The van der Waals surface area contributed by atoms with Gasteiger partial charge in [-0.05, 0) is 37.1 Å². The zero-order valence-corrected chi connectivity index (χ0v) is 10.5. The fourth-order valence-corrected chi connectivity index (χ4v) is 2.48. The van der Waals surface area contributed by atoms with Gasteiger partial charge < -0.3 is 4.42 Å². The van der Waals surface area contributed by atoms with Gasteiger partial charge in [-0.15, -0.1) is 5.10 Å². The van der Waals surface area contributed by atoms with Crippen molar-refractivity contribution in [2.45, 2.75) is 23.7 Å². The molecule has 1 heterocycles. The smallest absolute Gasteiger partial charge is 0.329 e. The Morgan fingerprint density at radius 3 is 2.53 bits per heavy atom. The molecule has 1 fully saturated rings. The number of rotatable bonds is 4. The van der Waals surface area contributed by atoms with Gasteiger partial charge in [0, 0.05) is 5.92 Å². The Morgan fingerprint density at radius 2 is 1.89 bits per heavy atom. The standard InChI is InChI=1S/C11H10FN3O3S/c12-8-3-5-9(6-4-8)19(16,17)15-11-14-13-10(18-11)7-1-2-7/h3-7H,1-2H2,(H,14,15). The third-order valence-corrected chi connectivity index (χ3v) is 4.05. The number of anilines is 1. The third kappa shape index (κ3) is 2.58. The minimum atomic E-state index is -3.83. The number of aromatic nitrogens is 2. The van der Waals surface area contributed by atoms with Gasteiger partial charge in [-0.3, -0.25) is 0 Å². The van der Waals surface area contributed by atoms with Gasteiger partial charge in [0.25, 0.3) is 10.0 Å². The topological polar surface area (TPSA) is 85.1 Å². The van der Waals surface area contributed by atoms with Gasteiger partial charge in [0.05, 0.1) is 4.90 Å². The molecule has 1 aromatic heterocycles. The van der Waals surface area contributed by atoms with Crippen LogP contribution in [0.4, 0.5) is 10.4 Å². The van der Waals surface area contributed by atoms with Crippen molar-refractivity contribution in [2.24, 2.45) is 0 Å². The second-order valence-corrected chi connectivity index (χ2v) is 5.96. The fourth-order valence-electron chi connectivity index (χ4n) is 1.56. The van der Waals surface area contributed by atoms with E-state index in [0.29, 0.717) is 5.89 Å². The zero-order valence-electron chi connectivity index (χ0n) is 9.71. The largest absolute Gasteiger partial charge is 0.407 e. The number of halogens is 1. The Morgan fingerprint density at radius 1 is 1.21 bits per heavy atom. The average Bonchev–Trinajstić information content (AvgIpc) is 3.11. The first-order valence-corrected chi connectivity index (χ1v) is 7.15. The lowest BCUT2D eigenvalue weighted by Crippen LogP contribution is -2.13. The molecule has 0 atom stereocenters. The minimum absolute atomic E-state index is 0.0694. The van der Waals surface area contributed by atoms with E-state index in [1.54, 1.807) is 0 Å². The van der Waals surface area contributed by atoms with Crippen LogP contribution >= 0.6 is 0 Å². The van der Waals surface area contributed by atoms with Crippen molar-refractivity contribution in [1.29, 1.82) is 0 Å². The lowest BCUT2D eigenvalue weighted by atomic mass is 10.4. The molecule has 0 amide bonds. The number of benzene rings is 1. The Kier molecular flexibility index (Phi) is 2.74. The molecule has 1 N–H and O–H groups in total. The van der Waals surface area contributed by atoms with Crippen molar-refractivity contribution >= 4 is 16.0 Å². The Bertz CT molecular complexity index is 692. The minimum Gasteiger partial charge on any atom is -0.407 e. The summed E-state index contributed by atoms with van der Waals surface area (Å²) in [6, 6.07) is 4.29. The third-order valence-electron chi connectivity index (χ3n) is 2.71. The monoisotopic (exact) mass is 283 g/mol. The second-order valence-electron chi connectivity index (χ2n) is 4.28. The van der Waals surface area contributed by atoms with Crippen LogP contribution in [0.25, 0.3) is 0 Å². The number of hydrogen-bond donors (Lipinski definition) is 1. The normalized spacial score (nSPS) is 15.4. The molecular formula is C11H10FN3O3S. The van der Waals surface area contributed by atoms with E-state index < -0.39 is 15.8 Å². The number of nitrogens with one attached hydrogen (secondary N) is 1. The molecule has 0 bridgehead atoms.